The average molecular weight is 328 g/mol. The number of ether oxygens (including phenoxy) is 1. The fourth-order valence-corrected chi connectivity index (χ4v) is 1.82. The van der Waals surface area contributed by atoms with Crippen LogP contribution in [0.25, 0.3) is 0 Å². The molecule has 0 heterocycles. The third-order valence-corrected chi connectivity index (χ3v) is 3.09. The quantitative estimate of drug-likeness (QED) is 0.391. The van der Waals surface area contributed by atoms with Gasteiger partial charge in [0.2, 0.25) is 0 Å². The van der Waals surface area contributed by atoms with E-state index in [1.54, 1.807) is 0 Å². The summed E-state index contributed by atoms with van der Waals surface area (Å²) in [6.07, 6.45) is 10.1. The lowest BCUT2D eigenvalue weighted by molar-refractivity contribution is 0.305. The number of hydrogen-bond donors (Lipinski definition) is 1. The zero-order chi connectivity index (χ0) is 18.0. The number of nitrogen functional groups attached to an aromatic ring is 1. The van der Waals surface area contributed by atoms with Crippen LogP contribution in [0.3, 0.4) is 0 Å². The van der Waals surface area contributed by atoms with Crippen LogP contribution in [-0.2, 0) is 0 Å². The smallest absolute Gasteiger partial charge is 0.119 e. The molecular formula is C22H33NO. The molecule has 0 amide bonds. The number of benzene rings is 2. The molecular weight excluding hydrogens is 294 g/mol. The molecule has 2 N–H and O–H groups in total. The Kier molecular flexibility index (Phi) is 13.9. The summed E-state index contributed by atoms with van der Waals surface area (Å²) in [6.45, 7) is 7.02. The van der Waals surface area contributed by atoms with Gasteiger partial charge >= 0.3 is 0 Å². The molecule has 2 aromatic carbocycles. The largest absolute Gasteiger partial charge is 0.494 e. The van der Waals surface area contributed by atoms with Crippen LogP contribution in [0.1, 0.15) is 53.4 Å². The molecule has 0 radical (unpaired) electrons. The van der Waals surface area contributed by atoms with Gasteiger partial charge in [-0.2, -0.15) is 0 Å². The molecule has 0 saturated heterocycles. The van der Waals surface area contributed by atoms with Crippen LogP contribution in [0, 0.1) is 12.3 Å². The van der Waals surface area contributed by atoms with Crippen LogP contribution in [0.15, 0.2) is 54.6 Å². The van der Waals surface area contributed by atoms with E-state index < -0.39 is 0 Å². The van der Waals surface area contributed by atoms with Crippen molar-refractivity contribution < 1.29 is 6.16 Å². The molecule has 2 heteroatoms. The molecule has 0 aromatic heterocycles. The molecule has 0 aliphatic carbocycles. The third kappa shape index (κ3) is 11.2. The summed E-state index contributed by atoms with van der Waals surface area (Å²) in [5, 5.41) is 0. The first-order valence-electron chi connectivity index (χ1n) is 8.76. The highest BCUT2D eigenvalue weighted by atomic mass is 16.5. The fourth-order valence-electron chi connectivity index (χ4n) is 1.82. The molecule has 0 atom stereocenters. The Labute approximate surface area is 149 Å². The molecule has 24 heavy (non-hydrogen) atoms. The Hall–Kier alpha value is -2.40. The molecule has 0 bridgehead atoms. The molecule has 0 fully saturated rings. The molecule has 0 aliphatic heterocycles. The normalized spacial score (nSPS) is 8.75. The van der Waals surface area contributed by atoms with Gasteiger partial charge in [-0.15, -0.1) is 6.42 Å². The predicted octanol–water partition coefficient (Wildman–Crippen LogP) is 6.17. The second-order valence-corrected chi connectivity index (χ2v) is 4.99. The first-order chi connectivity index (χ1) is 11.8. The fraction of sp³-hybridized carbons (Fsp3) is 0.364. The highest BCUT2D eigenvalue weighted by molar-refractivity contribution is 5.41. The van der Waals surface area contributed by atoms with Gasteiger partial charge in [0.15, 0.2) is 0 Å². The van der Waals surface area contributed by atoms with E-state index >= 15 is 0 Å². The van der Waals surface area contributed by atoms with Crippen molar-refractivity contribution in [3.05, 3.63) is 60.2 Å². The highest BCUT2D eigenvalue weighted by Gasteiger charge is 1.93. The molecule has 2 aromatic rings. The minimum Gasteiger partial charge on any atom is -0.494 e. The van der Waals surface area contributed by atoms with Gasteiger partial charge in [0.25, 0.3) is 0 Å². The summed E-state index contributed by atoms with van der Waals surface area (Å²) >= 11 is 0. The van der Waals surface area contributed by atoms with Gasteiger partial charge in [0.05, 0.1) is 6.61 Å². The van der Waals surface area contributed by atoms with Gasteiger partial charge in [-0.3, -0.25) is 0 Å². The molecule has 0 aliphatic rings. The average Bonchev–Trinajstić information content (AvgIpc) is 2.66. The van der Waals surface area contributed by atoms with E-state index in [1.807, 2.05) is 68.4 Å². The highest BCUT2D eigenvalue weighted by Crippen LogP contribution is 2.13. The predicted molar refractivity (Wildman–Crippen MR) is 108 cm³/mol. The molecule has 132 valence electrons. The zero-order valence-electron chi connectivity index (χ0n) is 15.3. The molecule has 0 spiro atoms. The lowest BCUT2D eigenvalue weighted by atomic mass is 10.2. The first-order valence-corrected chi connectivity index (χ1v) is 8.76. The Bertz CT molecular complexity index is 546. The maximum atomic E-state index is 5.57. The van der Waals surface area contributed by atoms with E-state index in [4.69, 9.17) is 16.9 Å². The van der Waals surface area contributed by atoms with E-state index in [1.165, 1.54) is 19.3 Å². The van der Waals surface area contributed by atoms with Crippen LogP contribution < -0.4 is 10.5 Å². The van der Waals surface area contributed by atoms with Gasteiger partial charge < -0.3 is 10.5 Å². The number of anilines is 1. The molecule has 2 rings (SSSR count). The van der Waals surface area contributed by atoms with Crippen molar-refractivity contribution in [2.24, 2.45) is 0 Å². The maximum Gasteiger partial charge on any atom is 0.119 e. The lowest BCUT2D eigenvalue weighted by Crippen LogP contribution is -1.97. The van der Waals surface area contributed by atoms with Crippen LogP contribution in [0.5, 0.6) is 5.75 Å². The summed E-state index contributed by atoms with van der Waals surface area (Å²) in [4.78, 5) is 0. The van der Waals surface area contributed by atoms with Gasteiger partial charge in [-0.25, -0.2) is 0 Å². The standard InChI is InChI=1S/C12H19NO.C8H6.C2H6.H2/c1-2-3-4-5-10-14-12-8-6-11(13)7-9-12;1-2-8-6-4-3-5-7-8;1-2;/h6-9H,2-5,10,13H2,1H3;1,3-7H;1-2H3;1H. The molecule has 0 saturated carbocycles. The molecule has 2 nitrogen and oxygen atoms in total. The Morgan fingerprint density at radius 1 is 0.958 bits per heavy atom. The summed E-state index contributed by atoms with van der Waals surface area (Å²) in [5.41, 5.74) is 7.28. The van der Waals surface area contributed by atoms with E-state index in [-0.39, 0.29) is 1.43 Å². The van der Waals surface area contributed by atoms with Gasteiger partial charge in [0.1, 0.15) is 5.75 Å². The van der Waals surface area contributed by atoms with Gasteiger partial charge in [0, 0.05) is 12.7 Å². The zero-order valence-corrected chi connectivity index (χ0v) is 15.3. The number of unbranched alkanes of at least 4 members (excludes halogenated alkanes) is 3. The second kappa shape index (κ2) is 15.5. The van der Waals surface area contributed by atoms with E-state index in [0.717, 1.165) is 30.0 Å². The minimum absolute atomic E-state index is 0. The van der Waals surface area contributed by atoms with E-state index in [9.17, 15) is 0 Å². The number of terminal acetylenes is 1. The Morgan fingerprint density at radius 2 is 1.58 bits per heavy atom. The van der Waals surface area contributed by atoms with Crippen molar-refractivity contribution >= 4 is 5.69 Å². The minimum atomic E-state index is 0. The van der Waals surface area contributed by atoms with Crippen molar-refractivity contribution in [3.8, 4) is 18.1 Å². The third-order valence-electron chi connectivity index (χ3n) is 3.09. The summed E-state index contributed by atoms with van der Waals surface area (Å²) in [5.74, 6) is 3.44. The van der Waals surface area contributed by atoms with Crippen LogP contribution >= 0.6 is 0 Å². The lowest BCUT2D eigenvalue weighted by Gasteiger charge is -2.05. The Morgan fingerprint density at radius 3 is 2.08 bits per heavy atom. The second-order valence-electron chi connectivity index (χ2n) is 4.99. The summed E-state index contributed by atoms with van der Waals surface area (Å²) in [6, 6.07) is 17.2. The number of rotatable bonds is 6. The van der Waals surface area contributed by atoms with Crippen molar-refractivity contribution in [1.29, 1.82) is 0 Å². The van der Waals surface area contributed by atoms with Crippen LogP contribution in [0.4, 0.5) is 5.69 Å². The van der Waals surface area contributed by atoms with Crippen LogP contribution in [-0.4, -0.2) is 6.61 Å². The summed E-state index contributed by atoms with van der Waals surface area (Å²) in [7, 11) is 0. The Balaban J connectivity index is 0. The SMILES string of the molecule is C#Cc1ccccc1.CC.CCCCCCOc1ccc(N)cc1.[HH]. The van der Waals surface area contributed by atoms with Crippen molar-refractivity contribution in [3.63, 3.8) is 0 Å². The maximum absolute atomic E-state index is 5.57. The number of hydrogen-bond acceptors (Lipinski definition) is 2. The van der Waals surface area contributed by atoms with Gasteiger partial charge in [-0.1, -0.05) is 64.2 Å². The van der Waals surface area contributed by atoms with Crippen molar-refractivity contribution in [1.82, 2.24) is 0 Å². The van der Waals surface area contributed by atoms with Crippen LogP contribution in [0.2, 0.25) is 0 Å². The van der Waals surface area contributed by atoms with Gasteiger partial charge in [-0.05, 0) is 42.8 Å². The van der Waals surface area contributed by atoms with Crippen molar-refractivity contribution in [2.45, 2.75) is 46.5 Å². The monoisotopic (exact) mass is 327 g/mol. The summed E-state index contributed by atoms with van der Waals surface area (Å²) < 4.78 is 5.55. The topological polar surface area (TPSA) is 35.2 Å². The first kappa shape index (κ1) is 21.6. The molecule has 0 unspecified atom stereocenters. The number of nitrogens with two attached hydrogens (primary N) is 1. The van der Waals surface area contributed by atoms with E-state index in [0.29, 0.717) is 0 Å². The van der Waals surface area contributed by atoms with E-state index in [2.05, 4.69) is 12.8 Å². The van der Waals surface area contributed by atoms with Crippen molar-refractivity contribution in [2.75, 3.05) is 12.3 Å².